The molecule has 1 fully saturated rings. The van der Waals surface area contributed by atoms with Gasteiger partial charge in [0, 0.05) is 58.8 Å². The summed E-state index contributed by atoms with van der Waals surface area (Å²) in [6.07, 6.45) is -1.09. The predicted octanol–water partition coefficient (Wildman–Crippen LogP) is -5.27. The van der Waals surface area contributed by atoms with Crippen LogP contribution in [0.15, 0.2) is 0 Å². The quantitative estimate of drug-likeness (QED) is 0.0534. The Morgan fingerprint density at radius 2 is 0.891 bits per heavy atom. The normalized spacial score (nSPS) is 17.7. The second-order valence-corrected chi connectivity index (χ2v) is 16.8. The van der Waals surface area contributed by atoms with Gasteiger partial charge in [-0.25, -0.2) is 0 Å². The Kier molecular flexibility index (Phi) is 21.2. The lowest BCUT2D eigenvalue weighted by molar-refractivity contribution is -0.131. The Hall–Kier alpha value is -3.52. The summed E-state index contributed by atoms with van der Waals surface area (Å²) in [5.74, 6) is -6.15. The molecule has 21 nitrogen and oxygen atoms in total. The Bertz CT molecular complexity index is 1600. The topological polar surface area (TPSA) is 294 Å². The van der Waals surface area contributed by atoms with Gasteiger partial charge in [0.25, 0.3) is 20.2 Å². The van der Waals surface area contributed by atoms with E-state index in [0.29, 0.717) is 39.3 Å². The summed E-state index contributed by atoms with van der Waals surface area (Å²) < 4.78 is 64.1. The zero-order valence-corrected chi connectivity index (χ0v) is 33.6. The van der Waals surface area contributed by atoms with Gasteiger partial charge in [0.1, 0.15) is 46.6 Å². The van der Waals surface area contributed by atoms with Crippen LogP contribution in [-0.4, -0.2) is 208 Å². The maximum Gasteiger partial charge on any atom is 0.267 e. The Morgan fingerprint density at radius 1 is 0.545 bits per heavy atom. The molecule has 1 rings (SSSR count). The first-order valence-corrected chi connectivity index (χ1v) is 20.7. The molecule has 0 aliphatic carbocycles. The highest BCUT2D eigenvalue weighted by atomic mass is 32.2. The number of rotatable bonds is 21. The van der Waals surface area contributed by atoms with E-state index in [0.717, 1.165) is 14.8 Å². The number of ketones is 4. The van der Waals surface area contributed by atoms with Crippen LogP contribution >= 0.6 is 0 Å². The third kappa shape index (κ3) is 23.2. The average Bonchev–Trinajstić information content (AvgIpc) is 3.01. The van der Waals surface area contributed by atoms with Crippen molar-refractivity contribution in [2.45, 2.75) is 58.7 Å². The van der Waals surface area contributed by atoms with E-state index in [-0.39, 0.29) is 56.6 Å². The summed E-state index contributed by atoms with van der Waals surface area (Å²) in [6, 6.07) is -4.95. The minimum Gasteiger partial charge on any atom is -0.345 e. The summed E-state index contributed by atoms with van der Waals surface area (Å²) in [5, 5.41) is 6.75. The first-order valence-electron chi connectivity index (χ1n) is 17.5. The summed E-state index contributed by atoms with van der Waals surface area (Å²) in [6.45, 7) is 8.21. The number of hydrogen-bond acceptors (Lipinski definition) is 16. The maximum atomic E-state index is 13.5. The summed E-state index contributed by atoms with van der Waals surface area (Å²) in [5.41, 5.74) is -0.850. The molecule has 5 N–H and O–H groups in total. The number of amides is 3. The van der Waals surface area contributed by atoms with Crippen molar-refractivity contribution >= 4 is 74.6 Å². The molecule has 0 spiro atoms. The lowest BCUT2D eigenvalue weighted by atomic mass is 9.95. The zero-order chi connectivity index (χ0) is 42.1. The number of carbonyl (C=O) groups is 8. The highest BCUT2D eigenvalue weighted by Crippen LogP contribution is 2.06. The van der Waals surface area contributed by atoms with Crippen LogP contribution in [0.1, 0.15) is 40.5 Å². The second-order valence-electron chi connectivity index (χ2n) is 13.8. The van der Waals surface area contributed by atoms with Gasteiger partial charge in [0.05, 0.1) is 32.2 Å². The largest absolute Gasteiger partial charge is 0.345 e. The Balaban J connectivity index is 3.32. The SMILES string of the molecule is BC(=O)[C@H](CS(=O)(=O)O)NC(=O)C(CCC(=O)N[C@@H](CS(=O)(=O)O)C(C)=O)NC(=O)CN1CCN(CC(C)=O)CCN(CC(C)=O)CCN(CC(C)=O)CC1. The fourth-order valence-electron chi connectivity index (χ4n) is 5.62. The fourth-order valence-corrected chi connectivity index (χ4v) is 7.10. The van der Waals surface area contributed by atoms with Crippen LogP contribution in [0.3, 0.4) is 0 Å². The number of nitrogens with zero attached hydrogens (tertiary/aromatic N) is 4. The number of hydrogen-bond donors (Lipinski definition) is 5. The molecule has 1 unspecified atom stereocenters. The average molecular weight is 824 g/mol. The van der Waals surface area contributed by atoms with Crippen molar-refractivity contribution in [3.63, 3.8) is 0 Å². The molecule has 0 aromatic rings. The number of Topliss-reactive ketones (excluding diaryl/α,β-unsaturated/α-hetero) is 4. The minimum absolute atomic E-state index is 0.0409. The standard InChI is InChI=1S/C31H54BN7O14S2/c1-21(40)15-36-7-9-37(16-22(2)41)11-13-39(14-12-38(10-8-36)17-23(3)42)18-29(45)33-25(31(47)35-27(30(32)46)20-55(51,52)53)5-6-28(44)34-26(24(4)43)19-54(48,49)50/h25-27H,5-20,32H2,1-4H3,(H,33,45)(H,34,44)(H,35,47)(H,48,49,50)(H,51,52,53)/t25?,26-,27-/m0/s1. The smallest absolute Gasteiger partial charge is 0.267 e. The van der Waals surface area contributed by atoms with Crippen LogP contribution in [0.25, 0.3) is 0 Å². The molecule has 3 amide bonds. The van der Waals surface area contributed by atoms with Gasteiger partial charge in [0.15, 0.2) is 13.6 Å². The highest BCUT2D eigenvalue weighted by molar-refractivity contribution is 7.86. The van der Waals surface area contributed by atoms with E-state index < -0.39 is 91.9 Å². The first kappa shape index (κ1) is 49.5. The molecule has 1 aliphatic rings. The molecule has 312 valence electrons. The molecule has 55 heavy (non-hydrogen) atoms. The molecule has 1 heterocycles. The van der Waals surface area contributed by atoms with Crippen LogP contribution < -0.4 is 16.0 Å². The van der Waals surface area contributed by atoms with Gasteiger partial charge in [-0.15, -0.1) is 0 Å². The van der Waals surface area contributed by atoms with Gasteiger partial charge in [-0.1, -0.05) is 0 Å². The molecular weight excluding hydrogens is 769 g/mol. The first-order chi connectivity index (χ1) is 25.3. The van der Waals surface area contributed by atoms with Crippen LogP contribution in [-0.2, 0) is 58.6 Å². The van der Waals surface area contributed by atoms with E-state index >= 15 is 0 Å². The molecule has 1 saturated heterocycles. The van der Waals surface area contributed by atoms with Gasteiger partial charge in [0.2, 0.25) is 17.7 Å². The lowest BCUT2D eigenvalue weighted by Gasteiger charge is -2.33. The molecule has 0 bridgehead atoms. The molecule has 24 heteroatoms. The van der Waals surface area contributed by atoms with Gasteiger partial charge < -0.3 is 20.7 Å². The predicted molar refractivity (Wildman–Crippen MR) is 200 cm³/mol. The van der Waals surface area contributed by atoms with Crippen molar-refractivity contribution in [1.29, 1.82) is 0 Å². The number of carbonyl (C=O) groups excluding carboxylic acids is 8. The molecule has 0 saturated carbocycles. The monoisotopic (exact) mass is 823 g/mol. The summed E-state index contributed by atoms with van der Waals surface area (Å²) in [4.78, 5) is 107. The van der Waals surface area contributed by atoms with Crippen LogP contribution in [0.2, 0.25) is 0 Å². The van der Waals surface area contributed by atoms with E-state index in [1.54, 1.807) is 4.90 Å². The van der Waals surface area contributed by atoms with E-state index in [1.165, 1.54) is 20.8 Å². The second kappa shape index (κ2) is 23.5. The summed E-state index contributed by atoms with van der Waals surface area (Å²) in [7, 11) is -8.48. The lowest BCUT2D eigenvalue weighted by Crippen LogP contribution is -2.55. The van der Waals surface area contributed by atoms with Crippen LogP contribution in [0, 0.1) is 0 Å². The van der Waals surface area contributed by atoms with E-state index in [1.807, 2.05) is 14.7 Å². The molecule has 0 radical (unpaired) electrons. The maximum absolute atomic E-state index is 13.5. The highest BCUT2D eigenvalue weighted by Gasteiger charge is 2.30. The van der Waals surface area contributed by atoms with Crippen molar-refractivity contribution in [1.82, 2.24) is 35.6 Å². The van der Waals surface area contributed by atoms with E-state index in [4.69, 9.17) is 4.55 Å². The Labute approximate surface area is 322 Å². The van der Waals surface area contributed by atoms with Crippen molar-refractivity contribution in [2.24, 2.45) is 0 Å². The fraction of sp³-hybridized carbons (Fsp3) is 0.742. The molecule has 0 aromatic carbocycles. The van der Waals surface area contributed by atoms with Gasteiger partial charge >= 0.3 is 0 Å². The van der Waals surface area contributed by atoms with E-state index in [9.17, 15) is 59.7 Å². The van der Waals surface area contributed by atoms with Gasteiger partial charge in [-0.2, -0.15) is 16.8 Å². The third-order valence-electron chi connectivity index (χ3n) is 8.34. The summed E-state index contributed by atoms with van der Waals surface area (Å²) >= 11 is 0. The van der Waals surface area contributed by atoms with Gasteiger partial charge in [-0.3, -0.25) is 62.3 Å². The van der Waals surface area contributed by atoms with Gasteiger partial charge in [-0.05, 0) is 34.1 Å². The zero-order valence-electron chi connectivity index (χ0n) is 31.9. The van der Waals surface area contributed by atoms with Crippen LogP contribution in [0.5, 0.6) is 0 Å². The van der Waals surface area contributed by atoms with Crippen molar-refractivity contribution in [3.05, 3.63) is 0 Å². The van der Waals surface area contributed by atoms with Crippen LogP contribution in [0.4, 0.5) is 0 Å². The molecule has 3 atom stereocenters. The molecule has 1 aliphatic heterocycles. The minimum atomic E-state index is -4.76. The van der Waals surface area contributed by atoms with Crippen molar-refractivity contribution in [3.8, 4) is 0 Å². The molecule has 0 aromatic heterocycles. The van der Waals surface area contributed by atoms with Crippen molar-refractivity contribution < 1.29 is 64.3 Å². The van der Waals surface area contributed by atoms with E-state index in [2.05, 4.69) is 16.0 Å². The number of nitrogens with one attached hydrogen (secondary N) is 3. The van der Waals surface area contributed by atoms with Crippen molar-refractivity contribution in [2.75, 3.05) is 90.0 Å². The third-order valence-corrected chi connectivity index (χ3v) is 9.84. The Morgan fingerprint density at radius 3 is 1.22 bits per heavy atom. The molecular formula is C31H54BN7O14S2.